The van der Waals surface area contributed by atoms with E-state index in [0.29, 0.717) is 43.5 Å². The second-order valence-corrected chi connectivity index (χ2v) is 8.87. The first kappa shape index (κ1) is 23.8. The van der Waals surface area contributed by atoms with Crippen molar-refractivity contribution in [3.8, 4) is 11.5 Å². The Labute approximate surface area is 180 Å². The van der Waals surface area contributed by atoms with Crippen molar-refractivity contribution in [3.05, 3.63) is 23.8 Å². The molecule has 0 spiro atoms. The molecule has 2 rings (SSSR count). The van der Waals surface area contributed by atoms with E-state index in [4.69, 9.17) is 14.2 Å². The van der Waals surface area contributed by atoms with Crippen LogP contribution in [-0.2, 0) is 16.0 Å². The van der Waals surface area contributed by atoms with Crippen LogP contribution in [0.1, 0.15) is 45.6 Å². The number of methoxy groups -OCH3 is 2. The minimum absolute atomic E-state index is 0.145. The number of hydrogen-bond donors (Lipinski definition) is 0. The lowest BCUT2D eigenvalue weighted by Crippen LogP contribution is -2.42. The van der Waals surface area contributed by atoms with Gasteiger partial charge in [-0.2, -0.15) is 0 Å². The summed E-state index contributed by atoms with van der Waals surface area (Å²) in [5.74, 6) is 1.84. The van der Waals surface area contributed by atoms with Crippen LogP contribution in [0, 0.1) is 5.92 Å². The van der Waals surface area contributed by atoms with Gasteiger partial charge in [0.1, 0.15) is 5.60 Å². The predicted molar refractivity (Wildman–Crippen MR) is 116 cm³/mol. The largest absolute Gasteiger partial charge is 0.493 e. The molecule has 0 N–H and O–H groups in total. The van der Waals surface area contributed by atoms with Crippen LogP contribution in [0.25, 0.3) is 0 Å². The Balaban J connectivity index is 1.77. The Bertz CT molecular complexity index is 721. The van der Waals surface area contributed by atoms with E-state index in [9.17, 15) is 9.59 Å². The molecule has 0 bridgehead atoms. The molecule has 1 aromatic carbocycles. The van der Waals surface area contributed by atoms with Gasteiger partial charge in [-0.15, -0.1) is 0 Å². The number of nitrogens with zero attached hydrogens (tertiary/aromatic N) is 2. The second-order valence-electron chi connectivity index (χ2n) is 8.87. The Hall–Kier alpha value is -2.44. The molecule has 1 aliphatic rings. The molecule has 1 fully saturated rings. The second kappa shape index (κ2) is 10.5. The van der Waals surface area contributed by atoms with Crippen molar-refractivity contribution >= 4 is 12.0 Å². The van der Waals surface area contributed by atoms with Gasteiger partial charge in [0.2, 0.25) is 5.91 Å². The van der Waals surface area contributed by atoms with Crippen molar-refractivity contribution in [3.63, 3.8) is 0 Å². The number of carbonyl (C=O) groups excluding carboxylic acids is 2. The minimum Gasteiger partial charge on any atom is -0.493 e. The first-order valence-electron chi connectivity index (χ1n) is 10.6. The SMILES string of the molecule is COc1ccc(CCN(C)C(=O)CC2CCN(C(=O)OC(C)(C)C)CC2)cc1OC. The van der Waals surface area contributed by atoms with E-state index in [0.717, 1.165) is 24.8 Å². The number of carbonyl (C=O) groups is 2. The quantitative estimate of drug-likeness (QED) is 0.672. The van der Waals surface area contributed by atoms with Gasteiger partial charge in [0.15, 0.2) is 11.5 Å². The fourth-order valence-corrected chi connectivity index (χ4v) is 3.51. The number of hydrogen-bond acceptors (Lipinski definition) is 5. The topological polar surface area (TPSA) is 68.3 Å². The Morgan fingerprint density at radius 2 is 1.73 bits per heavy atom. The van der Waals surface area contributed by atoms with Crippen molar-refractivity contribution in [2.45, 2.75) is 52.1 Å². The molecule has 0 radical (unpaired) electrons. The van der Waals surface area contributed by atoms with E-state index in [-0.39, 0.29) is 12.0 Å². The molecule has 30 heavy (non-hydrogen) atoms. The summed E-state index contributed by atoms with van der Waals surface area (Å²) >= 11 is 0. The van der Waals surface area contributed by atoms with Crippen LogP contribution in [0.3, 0.4) is 0 Å². The number of amides is 2. The van der Waals surface area contributed by atoms with E-state index in [1.165, 1.54) is 0 Å². The highest BCUT2D eigenvalue weighted by molar-refractivity contribution is 5.76. The van der Waals surface area contributed by atoms with Crippen molar-refractivity contribution in [2.24, 2.45) is 5.92 Å². The van der Waals surface area contributed by atoms with Gasteiger partial charge in [0.25, 0.3) is 0 Å². The molecule has 0 saturated carbocycles. The van der Waals surface area contributed by atoms with Gasteiger partial charge in [0, 0.05) is 33.1 Å². The first-order chi connectivity index (χ1) is 14.1. The van der Waals surface area contributed by atoms with Crippen molar-refractivity contribution in [1.29, 1.82) is 0 Å². The van der Waals surface area contributed by atoms with E-state index in [1.807, 2.05) is 46.0 Å². The predicted octanol–water partition coefficient (Wildman–Crippen LogP) is 3.74. The molecule has 0 aliphatic carbocycles. The Kier molecular flexibility index (Phi) is 8.38. The van der Waals surface area contributed by atoms with E-state index < -0.39 is 5.60 Å². The van der Waals surface area contributed by atoms with Gasteiger partial charge in [0.05, 0.1) is 14.2 Å². The fraction of sp³-hybridized carbons (Fsp3) is 0.652. The summed E-state index contributed by atoms with van der Waals surface area (Å²) < 4.78 is 16.0. The van der Waals surface area contributed by atoms with Gasteiger partial charge in [-0.05, 0) is 63.6 Å². The van der Waals surface area contributed by atoms with Crippen LogP contribution >= 0.6 is 0 Å². The molecule has 1 heterocycles. The van der Waals surface area contributed by atoms with Gasteiger partial charge >= 0.3 is 6.09 Å². The molecular weight excluding hydrogens is 384 g/mol. The first-order valence-corrected chi connectivity index (χ1v) is 10.6. The summed E-state index contributed by atoms with van der Waals surface area (Å²) in [7, 11) is 5.08. The summed E-state index contributed by atoms with van der Waals surface area (Å²) in [5, 5.41) is 0. The van der Waals surface area contributed by atoms with Gasteiger partial charge < -0.3 is 24.0 Å². The lowest BCUT2D eigenvalue weighted by molar-refractivity contribution is -0.131. The lowest BCUT2D eigenvalue weighted by Gasteiger charge is -2.33. The number of ether oxygens (including phenoxy) is 3. The van der Waals surface area contributed by atoms with Gasteiger partial charge in [-0.1, -0.05) is 6.07 Å². The van der Waals surface area contributed by atoms with E-state index in [1.54, 1.807) is 24.0 Å². The van der Waals surface area contributed by atoms with Crippen LogP contribution in [0.5, 0.6) is 11.5 Å². The van der Waals surface area contributed by atoms with Crippen molar-refractivity contribution in [1.82, 2.24) is 9.80 Å². The zero-order chi connectivity index (χ0) is 22.3. The third-order valence-electron chi connectivity index (χ3n) is 5.34. The number of likely N-dealkylation sites (tertiary alicyclic amines) is 1. The van der Waals surface area contributed by atoms with E-state index >= 15 is 0 Å². The van der Waals surface area contributed by atoms with E-state index in [2.05, 4.69) is 0 Å². The van der Waals surface area contributed by atoms with Gasteiger partial charge in [-0.3, -0.25) is 4.79 Å². The summed E-state index contributed by atoms with van der Waals surface area (Å²) in [6, 6.07) is 5.82. The van der Waals surface area contributed by atoms with Gasteiger partial charge in [-0.25, -0.2) is 4.79 Å². The molecule has 1 saturated heterocycles. The maximum atomic E-state index is 12.6. The highest BCUT2D eigenvalue weighted by Gasteiger charge is 2.28. The van der Waals surface area contributed by atoms with Crippen LogP contribution < -0.4 is 9.47 Å². The highest BCUT2D eigenvalue weighted by atomic mass is 16.6. The average molecular weight is 421 g/mol. The van der Waals surface area contributed by atoms with Crippen LogP contribution in [0.2, 0.25) is 0 Å². The number of piperidine rings is 1. The summed E-state index contributed by atoms with van der Waals surface area (Å²) in [6.45, 7) is 7.53. The van der Waals surface area contributed by atoms with Crippen molar-refractivity contribution < 1.29 is 23.8 Å². The molecule has 7 heteroatoms. The standard InChI is InChI=1S/C23H36N2O5/c1-23(2,3)30-22(27)25-13-10-18(11-14-25)16-21(26)24(4)12-9-17-7-8-19(28-5)20(15-17)29-6/h7-8,15,18H,9-14,16H2,1-6H3. The smallest absolute Gasteiger partial charge is 0.410 e. The fourth-order valence-electron chi connectivity index (χ4n) is 3.51. The van der Waals surface area contributed by atoms with Crippen LogP contribution in [0.4, 0.5) is 4.79 Å². The molecule has 0 atom stereocenters. The van der Waals surface area contributed by atoms with Crippen LogP contribution in [0.15, 0.2) is 18.2 Å². The molecule has 1 aliphatic heterocycles. The molecule has 7 nitrogen and oxygen atoms in total. The molecule has 2 amide bonds. The average Bonchev–Trinajstić information content (AvgIpc) is 2.70. The third-order valence-corrected chi connectivity index (χ3v) is 5.34. The summed E-state index contributed by atoms with van der Waals surface area (Å²) in [4.78, 5) is 28.3. The molecule has 0 aromatic heterocycles. The monoisotopic (exact) mass is 420 g/mol. The number of benzene rings is 1. The van der Waals surface area contributed by atoms with Crippen LogP contribution in [-0.4, -0.2) is 68.3 Å². The zero-order valence-electron chi connectivity index (χ0n) is 19.2. The molecule has 0 unspecified atom stereocenters. The Morgan fingerprint density at radius 3 is 2.30 bits per heavy atom. The highest BCUT2D eigenvalue weighted by Crippen LogP contribution is 2.28. The number of likely N-dealkylation sites (N-methyl/N-ethyl adjacent to an activating group) is 1. The van der Waals surface area contributed by atoms with Crippen molar-refractivity contribution in [2.75, 3.05) is 40.9 Å². The number of rotatable bonds is 7. The zero-order valence-corrected chi connectivity index (χ0v) is 19.2. The maximum absolute atomic E-state index is 12.6. The normalized spacial score (nSPS) is 14.9. The molecular formula is C23H36N2O5. The molecule has 168 valence electrons. The Morgan fingerprint density at radius 1 is 1.10 bits per heavy atom. The molecule has 1 aromatic rings. The summed E-state index contributed by atoms with van der Waals surface area (Å²) in [5.41, 5.74) is 0.610. The minimum atomic E-state index is -0.486. The maximum Gasteiger partial charge on any atom is 0.410 e. The third kappa shape index (κ3) is 7.11. The lowest BCUT2D eigenvalue weighted by atomic mass is 9.93. The summed E-state index contributed by atoms with van der Waals surface area (Å²) in [6.07, 6.45) is 2.66.